The molecule has 0 saturated carbocycles. The molecular formula is C20H23N3O2S. The number of Topliss-reactive ketones (excluding diaryl/α,β-unsaturated/α-hetero) is 1. The molecule has 0 atom stereocenters. The van der Waals surface area contributed by atoms with Crippen LogP contribution in [-0.4, -0.2) is 48.7 Å². The zero-order chi connectivity index (χ0) is 18.5. The topological polar surface area (TPSA) is 52.7 Å². The van der Waals surface area contributed by atoms with E-state index in [-0.39, 0.29) is 0 Å². The van der Waals surface area contributed by atoms with Crippen LogP contribution in [0.15, 0.2) is 59.6 Å². The van der Waals surface area contributed by atoms with E-state index < -0.39 is 11.7 Å². The first-order chi connectivity index (χ1) is 12.6. The molecular weight excluding hydrogens is 346 g/mol. The Morgan fingerprint density at radius 1 is 1.31 bits per heavy atom. The van der Waals surface area contributed by atoms with Gasteiger partial charge >= 0.3 is 0 Å². The van der Waals surface area contributed by atoms with Crippen molar-refractivity contribution in [1.29, 1.82) is 0 Å². The Labute approximate surface area is 158 Å². The molecule has 3 rings (SSSR count). The molecule has 1 saturated heterocycles. The lowest BCUT2D eigenvalue weighted by Gasteiger charge is -2.26. The van der Waals surface area contributed by atoms with Crippen molar-refractivity contribution >= 4 is 29.3 Å². The van der Waals surface area contributed by atoms with Gasteiger partial charge in [0.25, 0.3) is 11.7 Å². The molecule has 2 aliphatic rings. The van der Waals surface area contributed by atoms with Gasteiger partial charge in [-0.3, -0.25) is 9.59 Å². The zero-order valence-electron chi connectivity index (χ0n) is 14.9. The molecule has 0 aromatic heterocycles. The van der Waals surface area contributed by atoms with Gasteiger partial charge in [0, 0.05) is 31.1 Å². The van der Waals surface area contributed by atoms with Crippen LogP contribution in [0, 0.1) is 0 Å². The highest BCUT2D eigenvalue weighted by atomic mass is 32.2. The van der Waals surface area contributed by atoms with Crippen LogP contribution in [0.3, 0.4) is 0 Å². The van der Waals surface area contributed by atoms with Crippen LogP contribution in [0.25, 0.3) is 0 Å². The largest absolute Gasteiger partial charge is 0.314 e. The average molecular weight is 369 g/mol. The number of hydrogen-bond acceptors (Lipinski definition) is 5. The summed E-state index contributed by atoms with van der Waals surface area (Å²) >= 11 is 1.64. The van der Waals surface area contributed by atoms with Crippen LogP contribution in [0.5, 0.6) is 0 Å². The van der Waals surface area contributed by atoms with E-state index in [4.69, 9.17) is 0 Å². The minimum Gasteiger partial charge on any atom is -0.314 e. The highest BCUT2D eigenvalue weighted by molar-refractivity contribution is 7.97. The van der Waals surface area contributed by atoms with Gasteiger partial charge < -0.3 is 10.2 Å². The summed E-state index contributed by atoms with van der Waals surface area (Å²) < 4.78 is 2.27. The fourth-order valence-corrected chi connectivity index (χ4v) is 3.93. The number of carbonyl (C=O) groups is 2. The highest BCUT2D eigenvalue weighted by Crippen LogP contribution is 2.34. The van der Waals surface area contributed by atoms with Gasteiger partial charge in [0.05, 0.1) is 17.8 Å². The molecule has 1 fully saturated rings. The van der Waals surface area contributed by atoms with E-state index in [1.807, 2.05) is 43.4 Å². The van der Waals surface area contributed by atoms with Crippen LogP contribution < -0.4 is 10.2 Å². The number of allylic oxidation sites excluding steroid dienone is 3. The molecule has 26 heavy (non-hydrogen) atoms. The smallest absolute Gasteiger partial charge is 0.299 e. The summed E-state index contributed by atoms with van der Waals surface area (Å²) in [6.07, 6.45) is 7.42. The maximum Gasteiger partial charge on any atom is 0.299 e. The van der Waals surface area contributed by atoms with E-state index in [0.717, 1.165) is 36.6 Å². The SMILES string of the molecule is C=C/C(=C\C=C/C)CN1C(=O)C(=O)c2cc(SN3CCNCC3)ccc21. The maximum atomic E-state index is 12.5. The van der Waals surface area contributed by atoms with Crippen molar-refractivity contribution in [3.05, 3.63) is 60.2 Å². The third-order valence-electron chi connectivity index (χ3n) is 4.36. The first-order valence-electron chi connectivity index (χ1n) is 8.72. The van der Waals surface area contributed by atoms with Crippen LogP contribution >= 0.6 is 11.9 Å². The highest BCUT2D eigenvalue weighted by Gasteiger charge is 2.36. The second-order valence-electron chi connectivity index (χ2n) is 6.14. The molecule has 6 heteroatoms. The molecule has 0 radical (unpaired) electrons. The van der Waals surface area contributed by atoms with Gasteiger partial charge in [0.15, 0.2) is 0 Å². The predicted octanol–water partition coefficient (Wildman–Crippen LogP) is 2.82. The van der Waals surface area contributed by atoms with Gasteiger partial charge in [-0.2, -0.15) is 0 Å². The van der Waals surface area contributed by atoms with Crippen molar-refractivity contribution in [3.8, 4) is 0 Å². The maximum absolute atomic E-state index is 12.5. The van der Waals surface area contributed by atoms with Crippen molar-refractivity contribution in [1.82, 2.24) is 9.62 Å². The first kappa shape index (κ1) is 18.6. The zero-order valence-corrected chi connectivity index (χ0v) is 15.7. The summed E-state index contributed by atoms with van der Waals surface area (Å²) in [4.78, 5) is 27.4. The number of carbonyl (C=O) groups excluding carboxylic acids is 2. The molecule has 2 aliphatic heterocycles. The molecule has 1 amide bonds. The molecule has 0 aliphatic carbocycles. The summed E-state index contributed by atoms with van der Waals surface area (Å²) in [6, 6.07) is 5.69. The monoisotopic (exact) mass is 369 g/mol. The molecule has 136 valence electrons. The normalized spacial score (nSPS) is 18.7. The average Bonchev–Trinajstić information content (AvgIpc) is 2.90. The molecule has 0 unspecified atom stereocenters. The van der Waals surface area contributed by atoms with E-state index in [9.17, 15) is 9.59 Å². The summed E-state index contributed by atoms with van der Waals surface area (Å²) in [5.41, 5.74) is 2.05. The number of ketones is 1. The van der Waals surface area contributed by atoms with E-state index in [0.29, 0.717) is 17.8 Å². The van der Waals surface area contributed by atoms with Crippen molar-refractivity contribution in [3.63, 3.8) is 0 Å². The molecule has 1 aromatic rings. The Morgan fingerprint density at radius 2 is 2.08 bits per heavy atom. The summed E-state index contributed by atoms with van der Waals surface area (Å²) in [6.45, 7) is 9.91. The lowest BCUT2D eigenvalue weighted by atomic mass is 10.1. The summed E-state index contributed by atoms with van der Waals surface area (Å²) in [7, 11) is 0. The fourth-order valence-electron chi connectivity index (χ4n) is 2.97. The number of benzene rings is 1. The lowest BCUT2D eigenvalue weighted by Crippen LogP contribution is -2.39. The third kappa shape index (κ3) is 3.98. The predicted molar refractivity (Wildman–Crippen MR) is 107 cm³/mol. The van der Waals surface area contributed by atoms with Crippen LogP contribution in [-0.2, 0) is 4.79 Å². The molecule has 1 aromatic carbocycles. The van der Waals surface area contributed by atoms with Gasteiger partial charge in [-0.25, -0.2) is 4.31 Å². The van der Waals surface area contributed by atoms with Crippen molar-refractivity contribution in [2.24, 2.45) is 0 Å². The van der Waals surface area contributed by atoms with Crippen molar-refractivity contribution < 1.29 is 9.59 Å². The van der Waals surface area contributed by atoms with Crippen molar-refractivity contribution in [2.45, 2.75) is 11.8 Å². The van der Waals surface area contributed by atoms with E-state index >= 15 is 0 Å². The van der Waals surface area contributed by atoms with Crippen LogP contribution in [0.4, 0.5) is 5.69 Å². The molecule has 0 spiro atoms. The summed E-state index contributed by atoms with van der Waals surface area (Å²) in [5.74, 6) is -0.908. The Morgan fingerprint density at radius 3 is 2.77 bits per heavy atom. The Balaban J connectivity index is 1.81. The quantitative estimate of drug-likeness (QED) is 0.475. The third-order valence-corrected chi connectivity index (χ3v) is 5.45. The lowest BCUT2D eigenvalue weighted by molar-refractivity contribution is -0.114. The van der Waals surface area contributed by atoms with Gasteiger partial charge in [0.2, 0.25) is 0 Å². The molecule has 0 bridgehead atoms. The Hall–Kier alpha value is -2.15. The van der Waals surface area contributed by atoms with Gasteiger partial charge in [-0.1, -0.05) is 30.9 Å². The van der Waals surface area contributed by atoms with Crippen molar-refractivity contribution in [2.75, 3.05) is 37.6 Å². The fraction of sp³-hybridized carbons (Fsp3) is 0.300. The molecule has 2 heterocycles. The molecule has 5 nitrogen and oxygen atoms in total. The van der Waals surface area contributed by atoms with E-state index in [1.54, 1.807) is 18.0 Å². The first-order valence-corrected chi connectivity index (χ1v) is 9.49. The number of amides is 1. The Kier molecular flexibility index (Phi) is 6.08. The number of rotatable bonds is 6. The number of piperazine rings is 1. The number of nitrogens with zero attached hydrogens (tertiary/aromatic N) is 2. The number of fused-ring (bicyclic) bond motifs is 1. The van der Waals surface area contributed by atoms with E-state index in [1.165, 1.54) is 4.90 Å². The second-order valence-corrected chi connectivity index (χ2v) is 7.31. The minimum absolute atomic E-state index is 0.343. The van der Waals surface area contributed by atoms with Gasteiger partial charge in [0.1, 0.15) is 0 Å². The summed E-state index contributed by atoms with van der Waals surface area (Å²) in [5, 5.41) is 3.32. The Bertz CT molecular complexity index is 779. The van der Waals surface area contributed by atoms with Gasteiger partial charge in [-0.15, -0.1) is 0 Å². The van der Waals surface area contributed by atoms with Crippen LogP contribution in [0.1, 0.15) is 17.3 Å². The standard InChI is InChI=1S/C20H23N3O2S/c1-3-5-6-15(4-2)14-23-18-8-7-16(13-17(18)19(24)20(23)25)26-22-11-9-21-10-12-22/h3-8,13,21H,2,9-12,14H2,1H3/b5-3-,15-6+. The molecule has 1 N–H and O–H groups in total. The van der Waals surface area contributed by atoms with Crippen LogP contribution in [0.2, 0.25) is 0 Å². The number of hydrogen-bond donors (Lipinski definition) is 1. The van der Waals surface area contributed by atoms with Gasteiger partial charge in [-0.05, 0) is 42.6 Å². The second kappa shape index (κ2) is 8.49. The number of nitrogens with one attached hydrogen (secondary N) is 1. The minimum atomic E-state index is -0.474. The van der Waals surface area contributed by atoms with E-state index in [2.05, 4.69) is 16.2 Å². The number of anilines is 1.